The Balaban J connectivity index is 0.00000128. The number of fused-ring (bicyclic) bond motifs is 1. The van der Waals surface area contributed by atoms with Crippen LogP contribution in [0.25, 0.3) is 0 Å². The molecule has 0 fully saturated rings. The molecule has 1 aromatic carbocycles. The summed E-state index contributed by atoms with van der Waals surface area (Å²) in [5.41, 5.74) is 0. The van der Waals surface area contributed by atoms with Crippen molar-refractivity contribution in [1.82, 2.24) is 4.72 Å². The average molecular weight is 266 g/mol. The van der Waals surface area contributed by atoms with E-state index in [2.05, 4.69) is 4.72 Å². The molecule has 5 nitrogen and oxygen atoms in total. The molecule has 1 aromatic rings. The number of halogens is 1. The molecule has 16 heavy (non-hydrogen) atoms. The molecule has 90 valence electrons. The minimum absolute atomic E-state index is 0. The van der Waals surface area contributed by atoms with Crippen molar-refractivity contribution >= 4 is 22.4 Å². The fraction of sp³-hybridized carbons (Fsp3) is 0.333. The highest BCUT2D eigenvalue weighted by Gasteiger charge is 2.17. The molecule has 0 aliphatic carbocycles. The predicted octanol–water partition coefficient (Wildman–Crippen LogP) is 0.788. The summed E-state index contributed by atoms with van der Waals surface area (Å²) in [7, 11) is -2.05. The fourth-order valence-electron chi connectivity index (χ4n) is 1.31. The number of hydrogen-bond acceptors (Lipinski definition) is 4. The molecule has 2 rings (SSSR count). The van der Waals surface area contributed by atoms with Gasteiger partial charge in [0.25, 0.3) is 0 Å². The van der Waals surface area contributed by atoms with Gasteiger partial charge >= 0.3 is 0 Å². The molecule has 1 heterocycles. The zero-order valence-corrected chi connectivity index (χ0v) is 10.2. The van der Waals surface area contributed by atoms with E-state index in [0.717, 1.165) is 0 Å². The van der Waals surface area contributed by atoms with Crippen molar-refractivity contribution in [2.75, 3.05) is 20.3 Å². The van der Waals surface area contributed by atoms with Gasteiger partial charge in [0.15, 0.2) is 11.5 Å². The Morgan fingerprint density at radius 2 is 1.81 bits per heavy atom. The van der Waals surface area contributed by atoms with E-state index in [1.807, 2.05) is 0 Å². The van der Waals surface area contributed by atoms with Crippen molar-refractivity contribution < 1.29 is 17.9 Å². The van der Waals surface area contributed by atoms with E-state index in [4.69, 9.17) is 9.47 Å². The van der Waals surface area contributed by atoms with Crippen LogP contribution in [0.2, 0.25) is 0 Å². The monoisotopic (exact) mass is 265 g/mol. The van der Waals surface area contributed by atoms with Crippen LogP contribution in [0.15, 0.2) is 23.1 Å². The summed E-state index contributed by atoms with van der Waals surface area (Å²) in [6.07, 6.45) is 0. The molecule has 0 bridgehead atoms. The van der Waals surface area contributed by atoms with Crippen molar-refractivity contribution in [3.8, 4) is 11.5 Å². The fourth-order valence-corrected chi connectivity index (χ4v) is 2.05. The van der Waals surface area contributed by atoms with Crippen LogP contribution in [0, 0.1) is 0 Å². The molecule has 0 atom stereocenters. The van der Waals surface area contributed by atoms with E-state index in [-0.39, 0.29) is 17.3 Å². The normalized spacial score (nSPS) is 14.1. The van der Waals surface area contributed by atoms with E-state index in [9.17, 15) is 8.42 Å². The molecule has 0 aromatic heterocycles. The first-order valence-corrected chi connectivity index (χ1v) is 5.95. The maximum atomic E-state index is 11.5. The number of nitrogens with one attached hydrogen (secondary N) is 1. The molecular formula is C9H12ClNO4S. The van der Waals surface area contributed by atoms with Gasteiger partial charge in [0.1, 0.15) is 13.2 Å². The first-order chi connectivity index (χ1) is 7.13. The van der Waals surface area contributed by atoms with Crippen molar-refractivity contribution in [3.05, 3.63) is 18.2 Å². The van der Waals surface area contributed by atoms with Gasteiger partial charge in [-0.05, 0) is 19.2 Å². The van der Waals surface area contributed by atoms with Crippen LogP contribution in [-0.4, -0.2) is 28.7 Å². The second kappa shape index (κ2) is 4.90. The molecule has 0 radical (unpaired) electrons. The van der Waals surface area contributed by atoms with Crippen LogP contribution >= 0.6 is 12.4 Å². The van der Waals surface area contributed by atoms with Crippen LogP contribution in [-0.2, 0) is 10.0 Å². The van der Waals surface area contributed by atoms with Gasteiger partial charge in [-0.15, -0.1) is 12.4 Å². The standard InChI is InChI=1S/C9H11NO4S.ClH/c1-10-15(11,12)7-2-3-8-9(6-7)14-5-4-13-8;/h2-3,6,10H,4-5H2,1H3;1H. The maximum Gasteiger partial charge on any atom is 0.240 e. The zero-order chi connectivity index (χ0) is 10.9. The lowest BCUT2D eigenvalue weighted by Crippen LogP contribution is -2.20. The highest BCUT2D eigenvalue weighted by Crippen LogP contribution is 2.31. The van der Waals surface area contributed by atoms with Crippen LogP contribution in [0.1, 0.15) is 0 Å². The number of ether oxygens (including phenoxy) is 2. The number of sulfonamides is 1. The smallest absolute Gasteiger partial charge is 0.240 e. The maximum absolute atomic E-state index is 11.5. The van der Waals surface area contributed by atoms with Crippen LogP contribution in [0.4, 0.5) is 0 Å². The third kappa shape index (κ3) is 2.40. The topological polar surface area (TPSA) is 64.6 Å². The van der Waals surface area contributed by atoms with Crippen LogP contribution in [0.3, 0.4) is 0 Å². The lowest BCUT2D eigenvalue weighted by Gasteiger charge is -2.18. The van der Waals surface area contributed by atoms with Gasteiger partial charge in [0.2, 0.25) is 10.0 Å². The molecule has 7 heteroatoms. The summed E-state index contributed by atoms with van der Waals surface area (Å²) in [5, 5.41) is 0. The van der Waals surface area contributed by atoms with Crippen molar-refractivity contribution in [1.29, 1.82) is 0 Å². The highest BCUT2D eigenvalue weighted by molar-refractivity contribution is 7.89. The molecule has 1 N–H and O–H groups in total. The predicted molar refractivity (Wildman–Crippen MR) is 60.9 cm³/mol. The SMILES string of the molecule is CNS(=O)(=O)c1ccc2c(c1)OCCO2.Cl. The summed E-state index contributed by atoms with van der Waals surface area (Å²) in [4.78, 5) is 0.175. The molecule has 0 saturated heterocycles. The number of hydrogen-bond donors (Lipinski definition) is 1. The first-order valence-electron chi connectivity index (χ1n) is 4.47. The Labute approximate surface area is 100 Å². The van der Waals surface area contributed by atoms with Gasteiger partial charge in [-0.2, -0.15) is 0 Å². The lowest BCUT2D eigenvalue weighted by atomic mass is 10.3. The van der Waals surface area contributed by atoms with E-state index < -0.39 is 10.0 Å². The highest BCUT2D eigenvalue weighted by atomic mass is 35.5. The van der Waals surface area contributed by atoms with Crippen LogP contribution in [0.5, 0.6) is 11.5 Å². The van der Waals surface area contributed by atoms with Crippen molar-refractivity contribution in [2.45, 2.75) is 4.90 Å². The molecule has 0 amide bonds. The van der Waals surface area contributed by atoms with Crippen molar-refractivity contribution in [3.63, 3.8) is 0 Å². The van der Waals surface area contributed by atoms with Crippen LogP contribution < -0.4 is 14.2 Å². The molecule has 1 aliphatic rings. The minimum atomic E-state index is -3.42. The quantitative estimate of drug-likeness (QED) is 0.859. The Bertz CT molecular complexity index is 474. The Kier molecular flexibility index (Phi) is 4.01. The Hall–Kier alpha value is -0.980. The average Bonchev–Trinajstić information content (AvgIpc) is 2.28. The largest absolute Gasteiger partial charge is 0.486 e. The molecule has 0 saturated carbocycles. The van der Waals surface area contributed by atoms with Gasteiger partial charge in [-0.25, -0.2) is 13.1 Å². The second-order valence-electron chi connectivity index (χ2n) is 3.01. The Morgan fingerprint density at radius 3 is 2.44 bits per heavy atom. The van der Waals surface area contributed by atoms with Gasteiger partial charge < -0.3 is 9.47 Å². The molecule has 1 aliphatic heterocycles. The zero-order valence-electron chi connectivity index (χ0n) is 8.60. The van der Waals surface area contributed by atoms with Gasteiger partial charge in [-0.1, -0.05) is 0 Å². The van der Waals surface area contributed by atoms with Gasteiger partial charge in [0, 0.05) is 6.07 Å². The Morgan fingerprint density at radius 1 is 1.19 bits per heavy atom. The van der Waals surface area contributed by atoms with Crippen molar-refractivity contribution in [2.24, 2.45) is 0 Å². The summed E-state index contributed by atoms with van der Waals surface area (Å²) < 4.78 is 35.8. The van der Waals surface area contributed by atoms with E-state index in [1.54, 1.807) is 6.07 Å². The van der Waals surface area contributed by atoms with Gasteiger partial charge in [0.05, 0.1) is 4.90 Å². The number of benzene rings is 1. The molecule has 0 unspecified atom stereocenters. The summed E-state index contributed by atoms with van der Waals surface area (Å²) in [6, 6.07) is 4.54. The molecular weight excluding hydrogens is 254 g/mol. The summed E-state index contributed by atoms with van der Waals surface area (Å²) >= 11 is 0. The van der Waals surface area contributed by atoms with E-state index >= 15 is 0 Å². The lowest BCUT2D eigenvalue weighted by molar-refractivity contribution is 0.171. The van der Waals surface area contributed by atoms with E-state index in [0.29, 0.717) is 24.7 Å². The third-order valence-electron chi connectivity index (χ3n) is 2.09. The van der Waals surface area contributed by atoms with Gasteiger partial charge in [-0.3, -0.25) is 0 Å². The van der Waals surface area contributed by atoms with E-state index in [1.165, 1.54) is 19.2 Å². The summed E-state index contributed by atoms with van der Waals surface area (Å²) in [5.74, 6) is 1.05. The first kappa shape index (κ1) is 13.1. The molecule has 0 spiro atoms. The number of rotatable bonds is 2. The third-order valence-corrected chi connectivity index (χ3v) is 3.50. The minimum Gasteiger partial charge on any atom is -0.486 e. The summed E-state index contributed by atoms with van der Waals surface area (Å²) in [6.45, 7) is 0.932. The second-order valence-corrected chi connectivity index (χ2v) is 4.90.